The molecule has 2 fully saturated rings. The van der Waals surface area contributed by atoms with Crippen molar-refractivity contribution < 1.29 is 0 Å². The second kappa shape index (κ2) is 4.20. The van der Waals surface area contributed by atoms with Gasteiger partial charge in [-0.1, -0.05) is 45.8 Å². The van der Waals surface area contributed by atoms with Crippen molar-refractivity contribution in [3.8, 4) is 0 Å². The predicted molar refractivity (Wildman–Crippen MR) is 71.5 cm³/mol. The van der Waals surface area contributed by atoms with Crippen molar-refractivity contribution in [2.75, 3.05) is 0 Å². The third kappa shape index (κ3) is 2.21. The Balaban J connectivity index is 1.85. The van der Waals surface area contributed by atoms with Gasteiger partial charge in [-0.25, -0.2) is 0 Å². The molecule has 0 aliphatic heterocycles. The lowest BCUT2D eigenvalue weighted by molar-refractivity contribution is 0.206. The van der Waals surface area contributed by atoms with Crippen LogP contribution < -0.4 is 0 Å². The molecule has 3 atom stereocenters. The van der Waals surface area contributed by atoms with Crippen molar-refractivity contribution in [1.82, 2.24) is 0 Å². The van der Waals surface area contributed by atoms with E-state index in [0.29, 0.717) is 5.41 Å². The molecule has 0 aromatic rings. The molecule has 0 nitrogen and oxygen atoms in total. The van der Waals surface area contributed by atoms with Gasteiger partial charge in [0.1, 0.15) is 0 Å². The molecule has 2 saturated carbocycles. The van der Waals surface area contributed by atoms with Gasteiger partial charge in [-0.15, -0.1) is 0 Å². The maximum atomic E-state index is 4.40. The minimum Gasteiger partial charge on any atom is -0.0993 e. The van der Waals surface area contributed by atoms with Crippen LogP contribution in [0, 0.1) is 16.7 Å². The van der Waals surface area contributed by atoms with Crippen molar-refractivity contribution in [2.45, 2.75) is 72.1 Å². The number of hydrogen-bond donors (Lipinski definition) is 0. The topological polar surface area (TPSA) is 0 Å². The van der Waals surface area contributed by atoms with Crippen LogP contribution in [-0.4, -0.2) is 0 Å². The van der Waals surface area contributed by atoms with Gasteiger partial charge >= 0.3 is 0 Å². The Labute approximate surface area is 102 Å². The van der Waals surface area contributed by atoms with Gasteiger partial charge in [0, 0.05) is 0 Å². The van der Waals surface area contributed by atoms with E-state index in [0.717, 1.165) is 11.3 Å². The van der Waals surface area contributed by atoms with Gasteiger partial charge in [0.25, 0.3) is 0 Å². The quantitative estimate of drug-likeness (QED) is 0.433. The van der Waals surface area contributed by atoms with Crippen LogP contribution in [-0.2, 0) is 0 Å². The molecule has 0 aromatic heterocycles. The molecular weight excluding hydrogens is 192 g/mol. The predicted octanol–water partition coefficient (Wildman–Crippen LogP) is 5.34. The summed E-state index contributed by atoms with van der Waals surface area (Å²) >= 11 is 0. The summed E-state index contributed by atoms with van der Waals surface area (Å²) in [5, 5.41) is 0. The Bertz CT molecular complexity index is 278. The fourth-order valence-corrected chi connectivity index (χ4v) is 3.55. The van der Waals surface area contributed by atoms with Crippen molar-refractivity contribution in [1.29, 1.82) is 0 Å². The second-order valence-electron chi connectivity index (χ2n) is 6.88. The molecule has 2 aliphatic rings. The summed E-state index contributed by atoms with van der Waals surface area (Å²) in [6, 6.07) is 0. The van der Waals surface area contributed by atoms with Crippen LogP contribution in [0.1, 0.15) is 72.1 Å². The first-order valence-corrected chi connectivity index (χ1v) is 7.18. The molecule has 3 unspecified atom stereocenters. The van der Waals surface area contributed by atoms with E-state index in [9.17, 15) is 0 Å². The minimum atomic E-state index is 0.481. The van der Waals surface area contributed by atoms with E-state index in [4.69, 9.17) is 0 Å². The normalized spacial score (nSPS) is 41.6. The molecular formula is C16H28. The zero-order valence-electron chi connectivity index (χ0n) is 11.4. The number of unbranched alkanes of at least 4 members (excludes halogenated alkanes) is 2. The van der Waals surface area contributed by atoms with Crippen LogP contribution in [0.3, 0.4) is 0 Å². The maximum absolute atomic E-state index is 4.40. The van der Waals surface area contributed by atoms with E-state index < -0.39 is 0 Å². The molecule has 92 valence electrons. The summed E-state index contributed by atoms with van der Waals surface area (Å²) in [4.78, 5) is 0. The van der Waals surface area contributed by atoms with Gasteiger partial charge in [0.05, 0.1) is 0 Å². The van der Waals surface area contributed by atoms with Gasteiger partial charge < -0.3 is 0 Å². The molecule has 0 amide bonds. The van der Waals surface area contributed by atoms with Crippen molar-refractivity contribution in [2.24, 2.45) is 16.7 Å². The van der Waals surface area contributed by atoms with Gasteiger partial charge in [-0.05, 0) is 55.3 Å². The van der Waals surface area contributed by atoms with Crippen LogP contribution in [0.5, 0.6) is 0 Å². The highest BCUT2D eigenvalue weighted by molar-refractivity contribution is 5.16. The van der Waals surface area contributed by atoms with Crippen molar-refractivity contribution >= 4 is 0 Å². The first-order valence-electron chi connectivity index (χ1n) is 7.18. The van der Waals surface area contributed by atoms with E-state index in [-0.39, 0.29) is 0 Å². The Morgan fingerprint density at radius 1 is 1.19 bits per heavy atom. The van der Waals surface area contributed by atoms with E-state index >= 15 is 0 Å². The van der Waals surface area contributed by atoms with Crippen LogP contribution in [0.2, 0.25) is 0 Å². The first kappa shape index (κ1) is 12.2. The molecule has 2 aliphatic carbocycles. The largest absolute Gasteiger partial charge is 0.0993 e. The highest BCUT2D eigenvalue weighted by atomic mass is 14.6. The molecule has 0 heterocycles. The summed E-state index contributed by atoms with van der Waals surface area (Å²) in [7, 11) is 0. The molecule has 0 aromatic carbocycles. The first-order chi connectivity index (χ1) is 7.50. The smallest absolute Gasteiger partial charge is 0.0116 e. The number of fused-ring (bicyclic) bond motifs is 1. The average molecular weight is 220 g/mol. The van der Waals surface area contributed by atoms with E-state index in [1.165, 1.54) is 51.4 Å². The number of allylic oxidation sites excluding steroid dienone is 1. The molecule has 0 bridgehead atoms. The zero-order valence-corrected chi connectivity index (χ0v) is 11.4. The second-order valence-corrected chi connectivity index (χ2v) is 6.88. The van der Waals surface area contributed by atoms with Gasteiger partial charge in [-0.2, -0.15) is 0 Å². The number of hydrogen-bond acceptors (Lipinski definition) is 0. The monoisotopic (exact) mass is 220 g/mol. The Morgan fingerprint density at radius 3 is 2.56 bits per heavy atom. The van der Waals surface area contributed by atoms with Crippen LogP contribution in [0.15, 0.2) is 12.2 Å². The molecule has 0 N–H and O–H groups in total. The lowest BCUT2D eigenvalue weighted by atomic mass is 9.67. The highest BCUT2D eigenvalue weighted by Gasteiger charge is 2.55. The number of rotatable bonds is 5. The molecule has 0 saturated heterocycles. The van der Waals surface area contributed by atoms with Gasteiger partial charge in [-0.3, -0.25) is 0 Å². The maximum Gasteiger partial charge on any atom is -0.0116 e. The Kier molecular flexibility index (Phi) is 3.20. The third-order valence-electron chi connectivity index (χ3n) is 5.42. The fourth-order valence-electron chi connectivity index (χ4n) is 3.55. The molecule has 16 heavy (non-hydrogen) atoms. The SMILES string of the molecule is C=C(CCCCC)C1(C)CCC2(C)CC2C1. The minimum absolute atomic E-state index is 0.481. The molecule has 0 spiro atoms. The Morgan fingerprint density at radius 2 is 1.94 bits per heavy atom. The van der Waals surface area contributed by atoms with Crippen LogP contribution in [0.4, 0.5) is 0 Å². The fraction of sp³-hybridized carbons (Fsp3) is 0.875. The van der Waals surface area contributed by atoms with E-state index in [1.54, 1.807) is 5.57 Å². The molecule has 0 radical (unpaired) electrons. The standard InChI is InChI=1S/C16H28/c1-5-6-7-8-13(2)15(3)9-10-16(4)12-14(16)11-15/h14H,2,5-12H2,1,3-4H3. The Hall–Kier alpha value is -0.260. The van der Waals surface area contributed by atoms with E-state index in [2.05, 4.69) is 27.4 Å². The van der Waals surface area contributed by atoms with E-state index in [1.807, 2.05) is 0 Å². The lowest BCUT2D eigenvalue weighted by Gasteiger charge is -2.38. The molecule has 0 heteroatoms. The molecule has 2 rings (SSSR count). The highest BCUT2D eigenvalue weighted by Crippen LogP contribution is 2.66. The zero-order chi connectivity index (χ0) is 11.8. The summed E-state index contributed by atoms with van der Waals surface area (Å²) < 4.78 is 0. The average Bonchev–Trinajstić information content (AvgIpc) is 2.89. The summed E-state index contributed by atoms with van der Waals surface area (Å²) in [5.74, 6) is 1.02. The summed E-state index contributed by atoms with van der Waals surface area (Å²) in [5.41, 5.74) is 2.77. The summed E-state index contributed by atoms with van der Waals surface area (Å²) in [6.45, 7) is 11.6. The van der Waals surface area contributed by atoms with Crippen LogP contribution >= 0.6 is 0 Å². The van der Waals surface area contributed by atoms with Gasteiger partial charge in [0.15, 0.2) is 0 Å². The lowest BCUT2D eigenvalue weighted by Crippen LogP contribution is -2.26. The third-order valence-corrected chi connectivity index (χ3v) is 5.42. The van der Waals surface area contributed by atoms with Crippen molar-refractivity contribution in [3.05, 3.63) is 12.2 Å². The van der Waals surface area contributed by atoms with Crippen LogP contribution in [0.25, 0.3) is 0 Å². The van der Waals surface area contributed by atoms with Crippen molar-refractivity contribution in [3.63, 3.8) is 0 Å². The summed E-state index contributed by atoms with van der Waals surface area (Å²) in [6.07, 6.45) is 11.1. The van der Waals surface area contributed by atoms with Gasteiger partial charge in [0.2, 0.25) is 0 Å².